The molecule has 1 fully saturated rings. The lowest BCUT2D eigenvalue weighted by Gasteiger charge is -2.19. The van der Waals surface area contributed by atoms with Crippen LogP contribution < -0.4 is 16.0 Å². The first-order chi connectivity index (χ1) is 13.3. The standard InChI is InChI=1S/C21H34N4O3/c1-5-22-18(24-14-21(15-26)11-12-21)23-13-10-16-6-8-17(9-7-16)25-19(27)28-20(2,3)4/h6-9,26H,5,10-15H2,1-4H3,(H,25,27)(H2,22,23,24). The SMILES string of the molecule is CCNC(=NCC1(CO)CC1)NCCc1ccc(NC(=O)OC(C)(C)C)cc1. The number of aliphatic hydroxyl groups excluding tert-OH is 1. The van der Waals surface area contributed by atoms with Crippen LogP contribution in [0.1, 0.15) is 46.1 Å². The molecule has 0 heterocycles. The maximum absolute atomic E-state index is 11.8. The zero-order valence-electron chi connectivity index (χ0n) is 17.5. The molecule has 156 valence electrons. The Kier molecular flexibility index (Phi) is 7.69. The number of carbonyl (C=O) groups is 1. The number of nitrogens with zero attached hydrogens (tertiary/aromatic N) is 1. The van der Waals surface area contributed by atoms with Crippen molar-refractivity contribution < 1.29 is 14.6 Å². The molecular formula is C21H34N4O3. The molecule has 0 aliphatic heterocycles. The summed E-state index contributed by atoms with van der Waals surface area (Å²) in [5.74, 6) is 0.783. The minimum absolute atomic E-state index is 0.0132. The molecular weight excluding hydrogens is 356 g/mol. The second-order valence-electron chi connectivity index (χ2n) is 8.35. The van der Waals surface area contributed by atoms with E-state index in [4.69, 9.17) is 4.74 Å². The molecule has 0 bridgehead atoms. The van der Waals surface area contributed by atoms with Crippen LogP contribution in [-0.2, 0) is 11.2 Å². The van der Waals surface area contributed by atoms with Crippen molar-refractivity contribution in [2.75, 3.05) is 31.6 Å². The monoisotopic (exact) mass is 390 g/mol. The van der Waals surface area contributed by atoms with Gasteiger partial charge in [-0.2, -0.15) is 0 Å². The predicted molar refractivity (Wildman–Crippen MR) is 113 cm³/mol. The summed E-state index contributed by atoms with van der Waals surface area (Å²) in [4.78, 5) is 16.4. The Morgan fingerprint density at radius 3 is 2.43 bits per heavy atom. The van der Waals surface area contributed by atoms with E-state index in [0.29, 0.717) is 12.2 Å². The lowest BCUT2D eigenvalue weighted by Crippen LogP contribution is -2.38. The molecule has 4 N–H and O–H groups in total. The van der Waals surface area contributed by atoms with Crippen LogP contribution in [-0.4, -0.2) is 49.0 Å². The van der Waals surface area contributed by atoms with Crippen LogP contribution >= 0.6 is 0 Å². The molecule has 1 aromatic carbocycles. The normalized spacial score (nSPS) is 15.7. The Labute approximate surface area is 168 Å². The lowest BCUT2D eigenvalue weighted by molar-refractivity contribution is 0.0636. The van der Waals surface area contributed by atoms with Crippen molar-refractivity contribution in [3.8, 4) is 0 Å². The van der Waals surface area contributed by atoms with Gasteiger partial charge in [0.25, 0.3) is 0 Å². The Bertz CT molecular complexity index is 661. The van der Waals surface area contributed by atoms with Crippen molar-refractivity contribution in [3.05, 3.63) is 29.8 Å². The summed E-state index contributed by atoms with van der Waals surface area (Å²) >= 11 is 0. The van der Waals surface area contributed by atoms with Crippen molar-refractivity contribution in [2.45, 2.75) is 52.6 Å². The minimum Gasteiger partial charge on any atom is -0.444 e. The van der Waals surface area contributed by atoms with E-state index in [1.807, 2.05) is 52.0 Å². The number of hydrogen-bond donors (Lipinski definition) is 4. The van der Waals surface area contributed by atoms with Gasteiger partial charge in [0.05, 0.1) is 13.2 Å². The van der Waals surface area contributed by atoms with Gasteiger partial charge in [0.15, 0.2) is 5.96 Å². The molecule has 1 aliphatic rings. The number of guanidine groups is 1. The fraction of sp³-hybridized carbons (Fsp3) is 0.619. The van der Waals surface area contributed by atoms with E-state index in [1.165, 1.54) is 0 Å². The van der Waals surface area contributed by atoms with E-state index in [9.17, 15) is 9.90 Å². The molecule has 2 rings (SSSR count). The number of ether oxygens (including phenoxy) is 1. The first-order valence-electron chi connectivity index (χ1n) is 9.97. The van der Waals surface area contributed by atoms with Gasteiger partial charge in [-0.1, -0.05) is 12.1 Å². The molecule has 7 nitrogen and oxygen atoms in total. The lowest BCUT2D eigenvalue weighted by atomic mass is 10.1. The van der Waals surface area contributed by atoms with Gasteiger partial charge in [-0.15, -0.1) is 0 Å². The van der Waals surface area contributed by atoms with Gasteiger partial charge in [-0.05, 0) is 64.7 Å². The number of aliphatic hydroxyl groups is 1. The van der Waals surface area contributed by atoms with Crippen LogP contribution in [0.3, 0.4) is 0 Å². The summed E-state index contributed by atoms with van der Waals surface area (Å²) in [5.41, 5.74) is 1.36. The van der Waals surface area contributed by atoms with E-state index >= 15 is 0 Å². The van der Waals surface area contributed by atoms with Gasteiger partial charge in [0, 0.05) is 24.2 Å². The maximum Gasteiger partial charge on any atom is 0.412 e. The number of aliphatic imine (C=N–C) groups is 1. The zero-order chi connectivity index (χ0) is 20.6. The highest BCUT2D eigenvalue weighted by Crippen LogP contribution is 2.45. The van der Waals surface area contributed by atoms with E-state index in [1.54, 1.807) is 0 Å². The molecule has 1 saturated carbocycles. The highest BCUT2D eigenvalue weighted by molar-refractivity contribution is 5.84. The van der Waals surface area contributed by atoms with E-state index in [0.717, 1.165) is 43.9 Å². The van der Waals surface area contributed by atoms with Gasteiger partial charge < -0.3 is 20.5 Å². The van der Waals surface area contributed by atoms with E-state index in [-0.39, 0.29) is 12.0 Å². The average Bonchev–Trinajstić information content (AvgIpc) is 3.40. The second-order valence-corrected chi connectivity index (χ2v) is 8.35. The summed E-state index contributed by atoms with van der Waals surface area (Å²) in [5, 5.41) is 18.7. The largest absolute Gasteiger partial charge is 0.444 e. The molecule has 1 aromatic rings. The number of amides is 1. The van der Waals surface area contributed by atoms with Crippen LogP contribution in [0.2, 0.25) is 0 Å². The Morgan fingerprint density at radius 2 is 1.89 bits per heavy atom. The number of hydrogen-bond acceptors (Lipinski definition) is 4. The van der Waals surface area contributed by atoms with Gasteiger partial charge >= 0.3 is 6.09 Å². The summed E-state index contributed by atoms with van der Waals surface area (Å²) in [6.07, 6.45) is 2.48. The highest BCUT2D eigenvalue weighted by atomic mass is 16.6. The van der Waals surface area contributed by atoms with E-state index in [2.05, 4.69) is 20.9 Å². The fourth-order valence-corrected chi connectivity index (χ4v) is 2.63. The summed E-state index contributed by atoms with van der Waals surface area (Å²) in [6.45, 7) is 9.95. The fourth-order valence-electron chi connectivity index (χ4n) is 2.63. The van der Waals surface area contributed by atoms with Crippen molar-refractivity contribution in [2.24, 2.45) is 10.4 Å². The highest BCUT2D eigenvalue weighted by Gasteiger charge is 2.41. The number of carbonyl (C=O) groups excluding carboxylic acids is 1. The Morgan fingerprint density at radius 1 is 1.21 bits per heavy atom. The number of rotatable bonds is 8. The number of nitrogens with one attached hydrogen (secondary N) is 3. The molecule has 1 amide bonds. The minimum atomic E-state index is -0.516. The molecule has 28 heavy (non-hydrogen) atoms. The second kappa shape index (κ2) is 9.78. The quantitative estimate of drug-likeness (QED) is 0.404. The maximum atomic E-state index is 11.8. The Balaban J connectivity index is 1.78. The molecule has 0 atom stereocenters. The van der Waals surface area contributed by atoms with Gasteiger partial charge in [0.1, 0.15) is 5.60 Å². The third-order valence-electron chi connectivity index (χ3n) is 4.51. The predicted octanol–water partition coefficient (Wildman–Crippen LogP) is 2.90. The van der Waals surface area contributed by atoms with Crippen molar-refractivity contribution in [3.63, 3.8) is 0 Å². The van der Waals surface area contributed by atoms with Crippen molar-refractivity contribution in [1.82, 2.24) is 10.6 Å². The van der Waals surface area contributed by atoms with E-state index < -0.39 is 11.7 Å². The average molecular weight is 391 g/mol. The smallest absolute Gasteiger partial charge is 0.412 e. The summed E-state index contributed by atoms with van der Waals surface area (Å²) < 4.78 is 5.25. The zero-order valence-corrected chi connectivity index (χ0v) is 17.5. The van der Waals surface area contributed by atoms with Crippen LogP contribution in [0.4, 0.5) is 10.5 Å². The Hall–Kier alpha value is -2.28. The third-order valence-corrected chi connectivity index (χ3v) is 4.51. The molecule has 0 radical (unpaired) electrons. The van der Waals surface area contributed by atoms with Crippen molar-refractivity contribution in [1.29, 1.82) is 0 Å². The van der Waals surface area contributed by atoms with Crippen LogP contribution in [0.25, 0.3) is 0 Å². The summed E-state index contributed by atoms with van der Waals surface area (Å²) in [7, 11) is 0. The molecule has 0 spiro atoms. The molecule has 0 aromatic heterocycles. The molecule has 0 saturated heterocycles. The van der Waals surface area contributed by atoms with Gasteiger partial charge in [0.2, 0.25) is 0 Å². The number of anilines is 1. The summed E-state index contributed by atoms with van der Waals surface area (Å²) in [6, 6.07) is 7.72. The third kappa shape index (κ3) is 7.76. The van der Waals surface area contributed by atoms with Crippen molar-refractivity contribution >= 4 is 17.7 Å². The van der Waals surface area contributed by atoms with Crippen LogP contribution in [0.5, 0.6) is 0 Å². The molecule has 7 heteroatoms. The van der Waals surface area contributed by atoms with Gasteiger partial charge in [-0.3, -0.25) is 10.3 Å². The number of benzene rings is 1. The van der Waals surface area contributed by atoms with Crippen LogP contribution in [0.15, 0.2) is 29.3 Å². The van der Waals surface area contributed by atoms with Gasteiger partial charge in [-0.25, -0.2) is 4.79 Å². The molecule has 0 unspecified atom stereocenters. The molecule has 1 aliphatic carbocycles. The topological polar surface area (TPSA) is 95.0 Å². The van der Waals surface area contributed by atoms with Crippen LogP contribution in [0, 0.1) is 5.41 Å². The first kappa shape index (κ1) is 22.0. The first-order valence-corrected chi connectivity index (χ1v) is 9.97.